The van der Waals surface area contributed by atoms with Gasteiger partial charge in [-0.3, -0.25) is 4.79 Å². The van der Waals surface area contributed by atoms with Crippen molar-refractivity contribution in [1.29, 1.82) is 0 Å². The van der Waals surface area contributed by atoms with Crippen LogP contribution < -0.4 is 10.1 Å². The SMILES string of the molecule is O=C(NCCOc1cccc(F)c1)c1ccc(Br)cc1. The molecule has 104 valence electrons. The Bertz CT molecular complexity index is 587. The van der Waals surface area contributed by atoms with Crippen molar-refractivity contribution >= 4 is 21.8 Å². The smallest absolute Gasteiger partial charge is 0.251 e. The van der Waals surface area contributed by atoms with E-state index in [1.807, 2.05) is 0 Å². The van der Waals surface area contributed by atoms with Gasteiger partial charge >= 0.3 is 0 Å². The zero-order chi connectivity index (χ0) is 14.4. The van der Waals surface area contributed by atoms with Gasteiger partial charge < -0.3 is 10.1 Å². The average molecular weight is 338 g/mol. The van der Waals surface area contributed by atoms with Gasteiger partial charge in [-0.2, -0.15) is 0 Å². The zero-order valence-electron chi connectivity index (χ0n) is 10.6. The highest BCUT2D eigenvalue weighted by molar-refractivity contribution is 9.10. The summed E-state index contributed by atoms with van der Waals surface area (Å²) in [5, 5.41) is 2.73. The van der Waals surface area contributed by atoms with Gasteiger partial charge in [0, 0.05) is 16.1 Å². The molecule has 2 aromatic rings. The van der Waals surface area contributed by atoms with Gasteiger partial charge in [0.05, 0.1) is 6.54 Å². The van der Waals surface area contributed by atoms with Crippen LogP contribution in [0.4, 0.5) is 4.39 Å². The molecule has 2 aromatic carbocycles. The first-order chi connectivity index (χ1) is 9.65. The van der Waals surface area contributed by atoms with Crippen molar-refractivity contribution in [3.05, 3.63) is 64.4 Å². The topological polar surface area (TPSA) is 38.3 Å². The van der Waals surface area contributed by atoms with Gasteiger partial charge in [0.25, 0.3) is 5.91 Å². The third-order valence-corrected chi connectivity index (χ3v) is 3.09. The van der Waals surface area contributed by atoms with E-state index in [1.165, 1.54) is 12.1 Å². The van der Waals surface area contributed by atoms with Gasteiger partial charge in [-0.1, -0.05) is 22.0 Å². The Morgan fingerprint density at radius 1 is 1.20 bits per heavy atom. The highest BCUT2D eigenvalue weighted by Gasteiger charge is 2.04. The van der Waals surface area contributed by atoms with E-state index in [0.717, 1.165) is 4.47 Å². The predicted molar refractivity (Wildman–Crippen MR) is 78.4 cm³/mol. The van der Waals surface area contributed by atoms with Crippen molar-refractivity contribution in [2.24, 2.45) is 0 Å². The van der Waals surface area contributed by atoms with Crippen LogP contribution in [0.1, 0.15) is 10.4 Å². The molecule has 0 aliphatic carbocycles. The molecule has 0 aliphatic heterocycles. The van der Waals surface area contributed by atoms with Crippen molar-refractivity contribution in [3.63, 3.8) is 0 Å². The van der Waals surface area contributed by atoms with Crippen LogP contribution in [0.5, 0.6) is 5.75 Å². The molecule has 0 saturated heterocycles. The van der Waals surface area contributed by atoms with Crippen LogP contribution in [-0.2, 0) is 0 Å². The minimum atomic E-state index is -0.346. The lowest BCUT2D eigenvalue weighted by atomic mass is 10.2. The summed E-state index contributed by atoms with van der Waals surface area (Å²) in [7, 11) is 0. The summed E-state index contributed by atoms with van der Waals surface area (Å²) >= 11 is 3.31. The van der Waals surface area contributed by atoms with E-state index in [9.17, 15) is 9.18 Å². The molecule has 0 radical (unpaired) electrons. The summed E-state index contributed by atoms with van der Waals surface area (Å²) in [6, 6.07) is 13.0. The molecule has 3 nitrogen and oxygen atoms in total. The second kappa shape index (κ2) is 7.05. The normalized spacial score (nSPS) is 10.1. The molecule has 0 bridgehead atoms. The minimum Gasteiger partial charge on any atom is -0.492 e. The van der Waals surface area contributed by atoms with Crippen LogP contribution in [0, 0.1) is 5.82 Å². The Labute approximate surface area is 124 Å². The van der Waals surface area contributed by atoms with Crippen molar-refractivity contribution < 1.29 is 13.9 Å². The Morgan fingerprint density at radius 3 is 2.65 bits per heavy atom. The van der Waals surface area contributed by atoms with Crippen LogP contribution in [-0.4, -0.2) is 19.1 Å². The lowest BCUT2D eigenvalue weighted by Crippen LogP contribution is -2.28. The van der Waals surface area contributed by atoms with Gasteiger partial charge in [-0.05, 0) is 36.4 Å². The predicted octanol–water partition coefficient (Wildman–Crippen LogP) is 3.40. The molecule has 0 aliphatic rings. The van der Waals surface area contributed by atoms with Crippen molar-refractivity contribution in [2.45, 2.75) is 0 Å². The molecule has 0 atom stereocenters. The van der Waals surface area contributed by atoms with E-state index in [4.69, 9.17) is 4.74 Å². The van der Waals surface area contributed by atoms with Gasteiger partial charge in [-0.25, -0.2) is 4.39 Å². The molecule has 20 heavy (non-hydrogen) atoms. The molecule has 0 unspecified atom stereocenters. The summed E-state index contributed by atoms with van der Waals surface area (Å²) < 4.78 is 19.2. The third-order valence-electron chi connectivity index (χ3n) is 2.56. The maximum atomic E-state index is 12.9. The van der Waals surface area contributed by atoms with Crippen molar-refractivity contribution in [2.75, 3.05) is 13.2 Å². The maximum Gasteiger partial charge on any atom is 0.251 e. The van der Waals surface area contributed by atoms with E-state index in [2.05, 4.69) is 21.2 Å². The quantitative estimate of drug-likeness (QED) is 0.849. The molecular weight excluding hydrogens is 325 g/mol. The first-order valence-electron chi connectivity index (χ1n) is 6.07. The standard InChI is InChI=1S/C15H13BrFNO2/c16-12-6-4-11(5-7-12)15(19)18-8-9-20-14-3-1-2-13(17)10-14/h1-7,10H,8-9H2,(H,18,19). The lowest BCUT2D eigenvalue weighted by Gasteiger charge is -2.08. The van der Waals surface area contributed by atoms with E-state index in [-0.39, 0.29) is 18.3 Å². The minimum absolute atomic E-state index is 0.166. The zero-order valence-corrected chi connectivity index (χ0v) is 12.2. The van der Waals surface area contributed by atoms with Gasteiger partial charge in [0.2, 0.25) is 0 Å². The number of ether oxygens (including phenoxy) is 1. The first-order valence-corrected chi connectivity index (χ1v) is 6.86. The molecule has 0 saturated carbocycles. The van der Waals surface area contributed by atoms with Crippen molar-refractivity contribution in [3.8, 4) is 5.75 Å². The summed E-state index contributed by atoms with van der Waals surface area (Å²) in [4.78, 5) is 11.8. The largest absolute Gasteiger partial charge is 0.492 e. The maximum absolute atomic E-state index is 12.9. The van der Waals surface area contributed by atoms with Gasteiger partial charge in [0.15, 0.2) is 0 Å². The fourth-order valence-corrected chi connectivity index (χ4v) is 1.86. The average Bonchev–Trinajstić information content (AvgIpc) is 2.44. The lowest BCUT2D eigenvalue weighted by molar-refractivity contribution is 0.0947. The Hall–Kier alpha value is -1.88. The third kappa shape index (κ3) is 4.35. The Balaban J connectivity index is 1.76. The van der Waals surface area contributed by atoms with Crippen LogP contribution in [0.15, 0.2) is 53.0 Å². The van der Waals surface area contributed by atoms with Crippen LogP contribution in [0.25, 0.3) is 0 Å². The van der Waals surface area contributed by atoms with Crippen LogP contribution >= 0.6 is 15.9 Å². The highest BCUT2D eigenvalue weighted by atomic mass is 79.9. The number of benzene rings is 2. The summed E-state index contributed by atoms with van der Waals surface area (Å²) in [5.41, 5.74) is 0.582. The number of amides is 1. The summed E-state index contributed by atoms with van der Waals surface area (Å²) in [6.45, 7) is 0.636. The Morgan fingerprint density at radius 2 is 1.95 bits per heavy atom. The van der Waals surface area contributed by atoms with Gasteiger partial charge in [-0.15, -0.1) is 0 Å². The first kappa shape index (κ1) is 14.5. The fourth-order valence-electron chi connectivity index (χ4n) is 1.59. The summed E-state index contributed by atoms with van der Waals surface area (Å²) in [5.74, 6) is -0.0652. The molecule has 0 spiro atoms. The highest BCUT2D eigenvalue weighted by Crippen LogP contribution is 2.12. The number of rotatable bonds is 5. The molecule has 5 heteroatoms. The number of halogens is 2. The van der Waals surface area contributed by atoms with Crippen LogP contribution in [0.2, 0.25) is 0 Å². The monoisotopic (exact) mass is 337 g/mol. The second-order valence-corrected chi connectivity index (χ2v) is 4.98. The van der Waals surface area contributed by atoms with Crippen LogP contribution in [0.3, 0.4) is 0 Å². The van der Waals surface area contributed by atoms with E-state index >= 15 is 0 Å². The summed E-state index contributed by atoms with van der Waals surface area (Å²) in [6.07, 6.45) is 0. The van der Waals surface area contributed by atoms with E-state index in [0.29, 0.717) is 17.9 Å². The number of carbonyl (C=O) groups excluding carboxylic acids is 1. The number of nitrogens with one attached hydrogen (secondary N) is 1. The molecule has 2 rings (SSSR count). The number of carbonyl (C=O) groups is 1. The molecule has 1 N–H and O–H groups in total. The fraction of sp³-hybridized carbons (Fsp3) is 0.133. The van der Waals surface area contributed by atoms with E-state index < -0.39 is 0 Å². The van der Waals surface area contributed by atoms with E-state index in [1.54, 1.807) is 36.4 Å². The Kier molecular flexibility index (Phi) is 5.12. The molecule has 0 fully saturated rings. The molecule has 0 aromatic heterocycles. The molecule has 1 amide bonds. The molecule has 0 heterocycles. The van der Waals surface area contributed by atoms with Crippen molar-refractivity contribution in [1.82, 2.24) is 5.32 Å². The van der Waals surface area contributed by atoms with Gasteiger partial charge in [0.1, 0.15) is 18.2 Å². The number of hydrogen-bond acceptors (Lipinski definition) is 2. The number of hydrogen-bond donors (Lipinski definition) is 1. The second-order valence-electron chi connectivity index (χ2n) is 4.07. The molecular formula is C15H13BrFNO2.